The summed E-state index contributed by atoms with van der Waals surface area (Å²) >= 11 is 6.07. The molecule has 3 rings (SSSR count). The average Bonchev–Trinajstić information content (AvgIpc) is 2.98. The number of ether oxygens (including phenoxy) is 1. The fourth-order valence-electron chi connectivity index (χ4n) is 3.12. The first-order valence-electron chi connectivity index (χ1n) is 8.07. The van der Waals surface area contributed by atoms with Crippen molar-refractivity contribution in [2.45, 2.75) is 20.4 Å². The van der Waals surface area contributed by atoms with E-state index in [9.17, 15) is 4.79 Å². The summed E-state index contributed by atoms with van der Waals surface area (Å²) in [5.74, 6) is 0.641. The number of carbonyl (C=O) groups is 1. The lowest BCUT2D eigenvalue weighted by Gasteiger charge is -2.18. The lowest BCUT2D eigenvalue weighted by molar-refractivity contribution is 0.0779. The average molecular weight is 357 g/mol. The molecule has 0 aliphatic rings. The number of hydrogen-bond acceptors (Lipinski definition) is 2. The van der Waals surface area contributed by atoms with E-state index in [1.807, 2.05) is 25.1 Å². The SMILES string of the molecule is COc1ccc(Cl)cc1CN(C)C(=O)c1cc2c(C)cc(C)cc2[nH]1. The maximum atomic E-state index is 12.8. The fraction of sp³-hybridized carbons (Fsp3) is 0.250. The van der Waals surface area contributed by atoms with Crippen LogP contribution in [0.15, 0.2) is 36.4 Å². The van der Waals surface area contributed by atoms with Crippen molar-refractivity contribution in [2.24, 2.45) is 0 Å². The zero-order valence-electron chi connectivity index (χ0n) is 14.8. The number of nitrogens with zero attached hydrogens (tertiary/aromatic N) is 1. The summed E-state index contributed by atoms with van der Waals surface area (Å²) in [6, 6.07) is 11.5. The Labute approximate surface area is 152 Å². The van der Waals surface area contributed by atoms with E-state index in [2.05, 4.69) is 24.0 Å². The number of aromatic amines is 1. The standard InChI is InChI=1S/C20H21ClN2O2/c1-12-7-13(2)16-10-18(22-17(16)8-12)20(24)23(3)11-14-9-15(21)5-6-19(14)25-4/h5-10,22H,11H2,1-4H3. The Morgan fingerprint density at radius 1 is 1.20 bits per heavy atom. The highest BCUT2D eigenvalue weighted by Crippen LogP contribution is 2.25. The van der Waals surface area contributed by atoms with Crippen LogP contribution >= 0.6 is 11.6 Å². The number of amides is 1. The largest absolute Gasteiger partial charge is 0.496 e. The number of hydrogen-bond donors (Lipinski definition) is 1. The van der Waals surface area contributed by atoms with Crippen LogP contribution in [-0.4, -0.2) is 29.9 Å². The summed E-state index contributed by atoms with van der Waals surface area (Å²) in [5.41, 5.74) is 4.75. The Balaban J connectivity index is 1.88. The van der Waals surface area contributed by atoms with Crippen molar-refractivity contribution >= 4 is 28.4 Å². The minimum Gasteiger partial charge on any atom is -0.496 e. The van der Waals surface area contributed by atoms with Gasteiger partial charge in [-0.1, -0.05) is 17.7 Å². The first-order valence-corrected chi connectivity index (χ1v) is 8.44. The predicted octanol–water partition coefficient (Wildman–Crippen LogP) is 4.72. The topological polar surface area (TPSA) is 45.3 Å². The second kappa shape index (κ2) is 6.81. The molecular formula is C20H21ClN2O2. The normalized spacial score (nSPS) is 10.9. The summed E-state index contributed by atoms with van der Waals surface area (Å²) in [7, 11) is 3.38. The van der Waals surface area contributed by atoms with Crippen LogP contribution in [0.3, 0.4) is 0 Å². The van der Waals surface area contributed by atoms with Crippen LogP contribution in [0.25, 0.3) is 10.9 Å². The molecule has 0 aliphatic heterocycles. The van der Waals surface area contributed by atoms with Gasteiger partial charge in [0.1, 0.15) is 11.4 Å². The third-order valence-corrected chi connectivity index (χ3v) is 4.55. The van der Waals surface area contributed by atoms with Gasteiger partial charge in [0.2, 0.25) is 0 Å². The highest BCUT2D eigenvalue weighted by molar-refractivity contribution is 6.30. The number of H-pyrrole nitrogens is 1. The molecule has 0 aliphatic carbocycles. The van der Waals surface area contributed by atoms with Gasteiger partial charge in [0.15, 0.2) is 0 Å². The van der Waals surface area contributed by atoms with Gasteiger partial charge in [0, 0.05) is 35.1 Å². The molecule has 1 heterocycles. The Morgan fingerprint density at radius 3 is 2.68 bits per heavy atom. The molecule has 4 nitrogen and oxygen atoms in total. The summed E-state index contributed by atoms with van der Waals surface area (Å²) in [5, 5.41) is 1.69. The molecule has 25 heavy (non-hydrogen) atoms. The number of fused-ring (bicyclic) bond motifs is 1. The van der Waals surface area contributed by atoms with Crippen molar-refractivity contribution in [3.63, 3.8) is 0 Å². The highest BCUT2D eigenvalue weighted by Gasteiger charge is 2.17. The zero-order chi connectivity index (χ0) is 18.1. The number of carbonyl (C=O) groups excluding carboxylic acids is 1. The van der Waals surface area contributed by atoms with Crippen LogP contribution in [0.4, 0.5) is 0 Å². The van der Waals surface area contributed by atoms with E-state index in [1.54, 1.807) is 25.1 Å². The molecular weight excluding hydrogens is 336 g/mol. The maximum Gasteiger partial charge on any atom is 0.270 e. The van der Waals surface area contributed by atoms with Crippen molar-refractivity contribution in [3.05, 3.63) is 63.8 Å². The number of halogens is 1. The molecule has 1 amide bonds. The number of methoxy groups -OCH3 is 1. The first-order chi connectivity index (χ1) is 11.9. The molecule has 0 spiro atoms. The van der Waals surface area contributed by atoms with Crippen molar-refractivity contribution in [2.75, 3.05) is 14.2 Å². The minimum atomic E-state index is -0.0738. The molecule has 130 valence electrons. The van der Waals surface area contributed by atoms with Crippen molar-refractivity contribution in [1.29, 1.82) is 0 Å². The molecule has 0 fully saturated rings. The van der Waals surface area contributed by atoms with Crippen LogP contribution in [0.2, 0.25) is 5.02 Å². The van der Waals surface area contributed by atoms with Gasteiger partial charge in [0.05, 0.1) is 7.11 Å². The lowest BCUT2D eigenvalue weighted by Crippen LogP contribution is -2.26. The highest BCUT2D eigenvalue weighted by atomic mass is 35.5. The Hall–Kier alpha value is -2.46. The monoisotopic (exact) mass is 356 g/mol. The molecule has 2 aromatic carbocycles. The Bertz CT molecular complexity index is 946. The minimum absolute atomic E-state index is 0.0738. The summed E-state index contributed by atoms with van der Waals surface area (Å²) in [6.45, 7) is 4.51. The van der Waals surface area contributed by atoms with E-state index in [0.29, 0.717) is 23.0 Å². The number of rotatable bonds is 4. The molecule has 1 N–H and O–H groups in total. The van der Waals surface area contributed by atoms with E-state index in [0.717, 1.165) is 22.0 Å². The summed E-state index contributed by atoms with van der Waals surface area (Å²) in [4.78, 5) is 17.7. The van der Waals surface area contributed by atoms with E-state index in [4.69, 9.17) is 16.3 Å². The van der Waals surface area contributed by atoms with Crippen molar-refractivity contribution in [1.82, 2.24) is 9.88 Å². The van der Waals surface area contributed by atoms with E-state index in [-0.39, 0.29) is 5.91 Å². The van der Waals surface area contributed by atoms with Crippen LogP contribution in [0.5, 0.6) is 5.75 Å². The number of aromatic nitrogens is 1. The van der Waals surface area contributed by atoms with E-state index >= 15 is 0 Å². The van der Waals surface area contributed by atoms with Gasteiger partial charge in [-0.05, 0) is 55.3 Å². The third-order valence-electron chi connectivity index (χ3n) is 4.32. The number of benzene rings is 2. The predicted molar refractivity (Wildman–Crippen MR) is 102 cm³/mol. The number of aryl methyl sites for hydroxylation is 2. The third kappa shape index (κ3) is 3.49. The molecule has 0 atom stereocenters. The van der Waals surface area contributed by atoms with Crippen LogP contribution < -0.4 is 4.74 Å². The van der Waals surface area contributed by atoms with Gasteiger partial charge in [-0.25, -0.2) is 0 Å². The summed E-state index contributed by atoms with van der Waals surface area (Å²) in [6.07, 6.45) is 0. The molecule has 3 aromatic rings. The van der Waals surface area contributed by atoms with Gasteiger partial charge in [0.25, 0.3) is 5.91 Å². The lowest BCUT2D eigenvalue weighted by atomic mass is 10.1. The summed E-state index contributed by atoms with van der Waals surface area (Å²) < 4.78 is 5.36. The van der Waals surface area contributed by atoms with Gasteiger partial charge in [-0.2, -0.15) is 0 Å². The zero-order valence-corrected chi connectivity index (χ0v) is 15.6. The van der Waals surface area contributed by atoms with Gasteiger partial charge < -0.3 is 14.6 Å². The number of nitrogens with one attached hydrogen (secondary N) is 1. The Kier molecular flexibility index (Phi) is 4.73. The molecule has 0 radical (unpaired) electrons. The van der Waals surface area contributed by atoms with Crippen molar-refractivity contribution < 1.29 is 9.53 Å². The smallest absolute Gasteiger partial charge is 0.270 e. The quantitative estimate of drug-likeness (QED) is 0.735. The van der Waals surface area contributed by atoms with Crippen LogP contribution in [-0.2, 0) is 6.54 Å². The maximum absolute atomic E-state index is 12.8. The second-order valence-electron chi connectivity index (χ2n) is 6.34. The van der Waals surface area contributed by atoms with Gasteiger partial charge in [-0.15, -0.1) is 0 Å². The fourth-order valence-corrected chi connectivity index (χ4v) is 3.31. The van der Waals surface area contributed by atoms with Crippen LogP contribution in [0, 0.1) is 13.8 Å². The van der Waals surface area contributed by atoms with E-state index in [1.165, 1.54) is 5.56 Å². The molecule has 0 saturated carbocycles. The first kappa shape index (κ1) is 17.4. The molecule has 0 unspecified atom stereocenters. The Morgan fingerprint density at radius 2 is 1.96 bits per heavy atom. The van der Waals surface area contributed by atoms with Crippen molar-refractivity contribution in [3.8, 4) is 5.75 Å². The van der Waals surface area contributed by atoms with Gasteiger partial charge >= 0.3 is 0 Å². The van der Waals surface area contributed by atoms with E-state index < -0.39 is 0 Å². The molecule has 0 bridgehead atoms. The molecule has 5 heteroatoms. The van der Waals surface area contributed by atoms with Gasteiger partial charge in [-0.3, -0.25) is 4.79 Å². The molecule has 0 saturated heterocycles. The molecule has 1 aromatic heterocycles. The second-order valence-corrected chi connectivity index (χ2v) is 6.78. The van der Waals surface area contributed by atoms with Crippen LogP contribution in [0.1, 0.15) is 27.2 Å².